The minimum atomic E-state index is -0.331. The van der Waals surface area contributed by atoms with Crippen molar-refractivity contribution in [1.29, 1.82) is 0 Å². The molecule has 0 aliphatic heterocycles. The van der Waals surface area contributed by atoms with E-state index in [1.807, 2.05) is 61.5 Å². The molecule has 0 radical (unpaired) electrons. The van der Waals surface area contributed by atoms with E-state index >= 15 is 0 Å². The fourth-order valence-corrected chi connectivity index (χ4v) is 2.98. The molecule has 0 bridgehead atoms. The van der Waals surface area contributed by atoms with Crippen LogP contribution in [0.3, 0.4) is 0 Å². The Morgan fingerprint density at radius 1 is 1.15 bits per heavy atom. The summed E-state index contributed by atoms with van der Waals surface area (Å²) in [7, 11) is 0. The van der Waals surface area contributed by atoms with Crippen molar-refractivity contribution in [3.05, 3.63) is 76.7 Å². The molecule has 1 aromatic heterocycles. The lowest BCUT2D eigenvalue weighted by atomic mass is 10.2. The van der Waals surface area contributed by atoms with Gasteiger partial charge in [0.1, 0.15) is 12.4 Å². The first-order chi connectivity index (χ1) is 13.2. The summed E-state index contributed by atoms with van der Waals surface area (Å²) in [6.45, 7) is 3.30. The number of H-pyrrole nitrogens is 1. The molecule has 0 spiro atoms. The predicted octanol–water partition coefficient (Wildman–Crippen LogP) is 5.39. The fraction of sp³-hybridized carbons (Fsp3) is 0.238. The largest absolute Gasteiger partial charge is 0.445 e. The van der Waals surface area contributed by atoms with E-state index in [4.69, 9.17) is 4.74 Å². The van der Waals surface area contributed by atoms with E-state index in [0.29, 0.717) is 13.1 Å². The van der Waals surface area contributed by atoms with Crippen LogP contribution in [0.25, 0.3) is 11.3 Å². The molecule has 140 valence electrons. The van der Waals surface area contributed by atoms with E-state index in [9.17, 15) is 4.79 Å². The van der Waals surface area contributed by atoms with E-state index < -0.39 is 0 Å². The lowest BCUT2D eigenvalue weighted by Gasteiger charge is -2.20. The quantitative estimate of drug-likeness (QED) is 0.549. The molecule has 1 amide bonds. The van der Waals surface area contributed by atoms with Crippen molar-refractivity contribution >= 4 is 22.0 Å². The Morgan fingerprint density at radius 3 is 2.59 bits per heavy atom. The molecule has 3 aromatic rings. The minimum absolute atomic E-state index is 0.266. The van der Waals surface area contributed by atoms with Crippen LogP contribution in [-0.4, -0.2) is 27.5 Å². The number of carbonyl (C=O) groups is 1. The van der Waals surface area contributed by atoms with E-state index in [1.165, 1.54) is 0 Å². The van der Waals surface area contributed by atoms with Gasteiger partial charge in [0.25, 0.3) is 0 Å². The van der Waals surface area contributed by atoms with Crippen molar-refractivity contribution in [3.63, 3.8) is 0 Å². The Morgan fingerprint density at radius 2 is 1.89 bits per heavy atom. The summed E-state index contributed by atoms with van der Waals surface area (Å²) in [5.41, 5.74) is 2.94. The molecule has 27 heavy (non-hydrogen) atoms. The van der Waals surface area contributed by atoms with Gasteiger partial charge in [0.05, 0.1) is 18.4 Å². The van der Waals surface area contributed by atoms with Gasteiger partial charge in [-0.15, -0.1) is 0 Å². The fourth-order valence-electron chi connectivity index (χ4n) is 2.72. The molecule has 1 N–H and O–H groups in total. The number of hydrogen-bond acceptors (Lipinski definition) is 3. The summed E-state index contributed by atoms with van der Waals surface area (Å²) in [6.07, 6.45) is 2.31. The van der Waals surface area contributed by atoms with E-state index in [2.05, 4.69) is 25.9 Å². The van der Waals surface area contributed by atoms with Crippen molar-refractivity contribution in [2.75, 3.05) is 6.54 Å². The third-order valence-corrected chi connectivity index (χ3v) is 4.61. The van der Waals surface area contributed by atoms with E-state index in [0.717, 1.165) is 33.5 Å². The summed E-state index contributed by atoms with van der Waals surface area (Å²) < 4.78 is 6.49. The zero-order chi connectivity index (χ0) is 19.1. The summed E-state index contributed by atoms with van der Waals surface area (Å²) >= 11 is 3.44. The molecule has 5 nitrogen and oxygen atoms in total. The Bertz CT molecular complexity index is 863. The van der Waals surface area contributed by atoms with Gasteiger partial charge in [-0.05, 0) is 29.7 Å². The normalized spacial score (nSPS) is 10.6. The number of amides is 1. The number of benzene rings is 2. The maximum atomic E-state index is 12.5. The maximum absolute atomic E-state index is 12.5. The molecular formula is C21H22BrN3O2. The zero-order valence-electron chi connectivity index (χ0n) is 15.2. The van der Waals surface area contributed by atoms with Crippen molar-refractivity contribution in [2.24, 2.45) is 0 Å². The minimum Gasteiger partial charge on any atom is -0.445 e. The number of imidazole rings is 1. The van der Waals surface area contributed by atoms with Gasteiger partial charge in [0.2, 0.25) is 0 Å². The first-order valence-electron chi connectivity index (χ1n) is 8.91. The van der Waals surface area contributed by atoms with Gasteiger partial charge < -0.3 is 14.6 Å². The summed E-state index contributed by atoms with van der Waals surface area (Å²) in [5, 5.41) is 0. The first kappa shape index (κ1) is 19.2. The van der Waals surface area contributed by atoms with Crippen LogP contribution < -0.4 is 0 Å². The van der Waals surface area contributed by atoms with E-state index in [1.54, 1.807) is 11.1 Å². The Balaban J connectivity index is 1.63. The molecule has 0 aliphatic carbocycles. The Kier molecular flexibility index (Phi) is 6.65. The number of nitrogens with one attached hydrogen (secondary N) is 1. The van der Waals surface area contributed by atoms with Gasteiger partial charge in [0.15, 0.2) is 0 Å². The smallest absolute Gasteiger partial charge is 0.410 e. The summed E-state index contributed by atoms with van der Waals surface area (Å²) in [6, 6.07) is 17.7. The van der Waals surface area contributed by atoms with Crippen LogP contribution in [0.5, 0.6) is 0 Å². The molecule has 0 atom stereocenters. The van der Waals surface area contributed by atoms with Gasteiger partial charge in [-0.3, -0.25) is 0 Å². The highest BCUT2D eigenvalue weighted by Gasteiger charge is 2.16. The summed E-state index contributed by atoms with van der Waals surface area (Å²) in [5.74, 6) is 0.734. The predicted molar refractivity (Wildman–Crippen MR) is 109 cm³/mol. The summed E-state index contributed by atoms with van der Waals surface area (Å²) in [4.78, 5) is 21.9. The second-order valence-corrected chi connectivity index (χ2v) is 7.13. The number of carbonyl (C=O) groups excluding carboxylic acids is 1. The molecule has 0 unspecified atom stereocenters. The van der Waals surface area contributed by atoms with Crippen LogP contribution in [-0.2, 0) is 17.9 Å². The Hall–Kier alpha value is -2.60. The van der Waals surface area contributed by atoms with Crippen LogP contribution in [0.2, 0.25) is 0 Å². The molecule has 0 saturated heterocycles. The maximum Gasteiger partial charge on any atom is 0.410 e. The number of aromatic nitrogens is 2. The number of ether oxygens (including phenoxy) is 1. The molecular weight excluding hydrogens is 406 g/mol. The molecule has 2 aromatic carbocycles. The standard InChI is InChI=1S/C21H22BrN3O2/c1-2-12-25(21(26)27-15-16-6-4-3-5-7-16)14-20-23-13-19(24-20)17-8-10-18(22)11-9-17/h3-11,13H,2,12,14-15H2,1H3,(H,23,24). The average molecular weight is 428 g/mol. The highest BCUT2D eigenvalue weighted by atomic mass is 79.9. The molecule has 0 fully saturated rings. The topological polar surface area (TPSA) is 58.2 Å². The zero-order valence-corrected chi connectivity index (χ0v) is 16.8. The highest BCUT2D eigenvalue weighted by Crippen LogP contribution is 2.20. The lowest BCUT2D eigenvalue weighted by Crippen LogP contribution is -2.32. The monoisotopic (exact) mass is 427 g/mol. The third kappa shape index (κ3) is 5.44. The molecule has 0 aliphatic rings. The van der Waals surface area contributed by atoms with Gasteiger partial charge in [0, 0.05) is 11.0 Å². The second kappa shape index (κ2) is 9.37. The van der Waals surface area contributed by atoms with Gasteiger partial charge in [-0.1, -0.05) is 65.3 Å². The van der Waals surface area contributed by atoms with Crippen molar-refractivity contribution in [2.45, 2.75) is 26.5 Å². The third-order valence-electron chi connectivity index (χ3n) is 4.08. The van der Waals surface area contributed by atoms with Gasteiger partial charge in [-0.25, -0.2) is 9.78 Å². The average Bonchev–Trinajstić information content (AvgIpc) is 3.16. The van der Waals surface area contributed by atoms with Crippen molar-refractivity contribution < 1.29 is 9.53 Å². The SMILES string of the molecule is CCCN(Cc1ncc(-c2ccc(Br)cc2)[nH]1)C(=O)OCc1ccccc1. The number of aromatic amines is 1. The lowest BCUT2D eigenvalue weighted by molar-refractivity contribution is 0.0928. The number of hydrogen-bond donors (Lipinski definition) is 1. The van der Waals surface area contributed by atoms with Gasteiger partial charge >= 0.3 is 6.09 Å². The molecule has 3 rings (SSSR count). The number of halogens is 1. The van der Waals surface area contributed by atoms with Crippen LogP contribution in [0, 0.1) is 0 Å². The first-order valence-corrected chi connectivity index (χ1v) is 9.70. The second-order valence-electron chi connectivity index (χ2n) is 6.21. The number of nitrogens with zero attached hydrogens (tertiary/aromatic N) is 2. The van der Waals surface area contributed by atoms with Crippen LogP contribution in [0.4, 0.5) is 4.79 Å². The van der Waals surface area contributed by atoms with Crippen LogP contribution in [0.15, 0.2) is 65.3 Å². The van der Waals surface area contributed by atoms with Crippen molar-refractivity contribution in [1.82, 2.24) is 14.9 Å². The van der Waals surface area contributed by atoms with Crippen LogP contribution >= 0.6 is 15.9 Å². The highest BCUT2D eigenvalue weighted by molar-refractivity contribution is 9.10. The van der Waals surface area contributed by atoms with Gasteiger partial charge in [-0.2, -0.15) is 0 Å². The molecule has 1 heterocycles. The van der Waals surface area contributed by atoms with Crippen LogP contribution in [0.1, 0.15) is 24.7 Å². The van der Waals surface area contributed by atoms with Crippen molar-refractivity contribution in [3.8, 4) is 11.3 Å². The number of rotatable bonds is 7. The van der Waals surface area contributed by atoms with E-state index in [-0.39, 0.29) is 12.7 Å². The molecule has 0 saturated carbocycles. The Labute approximate surface area is 167 Å². The molecule has 6 heteroatoms.